The molecule has 0 rings (SSSR count). The van der Waals surface area contributed by atoms with Gasteiger partial charge < -0.3 is 9.47 Å². The lowest BCUT2D eigenvalue weighted by Gasteiger charge is -2.15. The zero-order chi connectivity index (χ0) is 12.7. The highest BCUT2D eigenvalue weighted by Crippen LogP contribution is 2.10. The van der Waals surface area contributed by atoms with Crippen LogP contribution in [0.2, 0.25) is 0 Å². The molecular weight excluding hydrogens is 210 g/mol. The summed E-state index contributed by atoms with van der Waals surface area (Å²) in [5.74, 6) is -1.89. The summed E-state index contributed by atoms with van der Waals surface area (Å²) >= 11 is 0. The van der Waals surface area contributed by atoms with Gasteiger partial charge in [-0.1, -0.05) is 0 Å². The Bertz CT molecular complexity index is 273. The van der Waals surface area contributed by atoms with Gasteiger partial charge in [0.1, 0.15) is 11.7 Å². The number of hydrogen-bond acceptors (Lipinski definition) is 5. The second kappa shape index (κ2) is 6.98. The Balaban J connectivity index is 4.40. The van der Waals surface area contributed by atoms with Crippen LogP contribution in [0.25, 0.3) is 0 Å². The fraction of sp³-hybridized carbons (Fsp3) is 0.727. The number of hydrogen-bond donors (Lipinski definition) is 1. The van der Waals surface area contributed by atoms with Crippen LogP contribution in [-0.4, -0.2) is 30.4 Å². The monoisotopic (exact) mass is 229 g/mol. The van der Waals surface area contributed by atoms with E-state index in [4.69, 9.17) is 14.9 Å². The van der Waals surface area contributed by atoms with Gasteiger partial charge in [0, 0.05) is 6.42 Å². The van der Waals surface area contributed by atoms with Crippen molar-refractivity contribution >= 4 is 17.7 Å². The van der Waals surface area contributed by atoms with E-state index in [1.54, 1.807) is 20.8 Å². The first-order valence-corrected chi connectivity index (χ1v) is 5.29. The van der Waals surface area contributed by atoms with Crippen molar-refractivity contribution < 1.29 is 19.1 Å². The molecule has 0 aliphatic rings. The molecule has 1 atom stereocenters. The average Bonchev–Trinajstić information content (AvgIpc) is 2.12. The number of ether oxygens (including phenoxy) is 2. The molecule has 0 aliphatic heterocycles. The zero-order valence-corrected chi connectivity index (χ0v) is 10.2. The van der Waals surface area contributed by atoms with Gasteiger partial charge in [-0.05, 0) is 27.7 Å². The quantitative estimate of drug-likeness (QED) is 0.324. The number of Topliss-reactive ketones (excluding diaryl/α,β-unsaturated/α-hetero) is 1. The minimum atomic E-state index is -0.925. The van der Waals surface area contributed by atoms with Crippen molar-refractivity contribution in [1.29, 1.82) is 5.41 Å². The largest absolute Gasteiger partial charge is 0.478 e. The molecule has 1 N–H and O–H groups in total. The summed E-state index contributed by atoms with van der Waals surface area (Å²) in [5.41, 5.74) is 0. The maximum Gasteiger partial charge on any atom is 0.316 e. The van der Waals surface area contributed by atoms with E-state index in [0.717, 1.165) is 0 Å². The standard InChI is InChI=1S/C11H19NO4/c1-5-15-11(14)9(8(4)13)6-10(12)16-7(2)3/h7,9,12H,5-6H2,1-4H3. The highest BCUT2D eigenvalue weighted by Gasteiger charge is 2.27. The molecule has 0 amide bonds. The van der Waals surface area contributed by atoms with Crippen LogP contribution >= 0.6 is 0 Å². The molecule has 16 heavy (non-hydrogen) atoms. The summed E-state index contributed by atoms with van der Waals surface area (Å²) in [7, 11) is 0. The van der Waals surface area contributed by atoms with Gasteiger partial charge in [0.15, 0.2) is 5.90 Å². The Morgan fingerprint density at radius 1 is 1.31 bits per heavy atom. The lowest BCUT2D eigenvalue weighted by Crippen LogP contribution is -2.28. The molecule has 0 aromatic heterocycles. The minimum absolute atomic E-state index is 0.0354. The Morgan fingerprint density at radius 3 is 2.25 bits per heavy atom. The van der Waals surface area contributed by atoms with Gasteiger partial charge in [-0.3, -0.25) is 15.0 Å². The van der Waals surface area contributed by atoms with E-state index < -0.39 is 11.9 Å². The average molecular weight is 229 g/mol. The first-order chi connectivity index (χ1) is 7.38. The first kappa shape index (κ1) is 14.6. The van der Waals surface area contributed by atoms with Crippen molar-refractivity contribution in [1.82, 2.24) is 0 Å². The summed E-state index contributed by atoms with van der Waals surface area (Å²) in [4.78, 5) is 22.6. The van der Waals surface area contributed by atoms with Gasteiger partial charge in [-0.25, -0.2) is 0 Å². The van der Waals surface area contributed by atoms with Crippen LogP contribution in [0, 0.1) is 11.3 Å². The fourth-order valence-electron chi connectivity index (χ4n) is 1.15. The summed E-state index contributed by atoms with van der Waals surface area (Å²) in [6.07, 6.45) is -0.172. The van der Waals surface area contributed by atoms with E-state index in [-0.39, 0.29) is 30.8 Å². The number of esters is 1. The summed E-state index contributed by atoms with van der Waals surface area (Å²) in [6.45, 7) is 6.76. The molecule has 0 aliphatic carbocycles. The summed E-state index contributed by atoms with van der Waals surface area (Å²) < 4.78 is 9.84. The third kappa shape index (κ3) is 5.48. The number of ketones is 1. The van der Waals surface area contributed by atoms with E-state index in [9.17, 15) is 9.59 Å². The van der Waals surface area contributed by atoms with E-state index in [1.165, 1.54) is 6.92 Å². The van der Waals surface area contributed by atoms with E-state index in [2.05, 4.69) is 0 Å². The molecule has 0 saturated carbocycles. The zero-order valence-electron chi connectivity index (χ0n) is 10.2. The number of carbonyl (C=O) groups excluding carboxylic acids is 2. The molecule has 1 unspecified atom stereocenters. The van der Waals surface area contributed by atoms with Gasteiger partial charge in [0.25, 0.3) is 0 Å². The molecule has 5 heteroatoms. The maximum atomic E-state index is 11.4. The Hall–Kier alpha value is -1.39. The lowest BCUT2D eigenvalue weighted by molar-refractivity contribution is -0.150. The topological polar surface area (TPSA) is 76.5 Å². The first-order valence-electron chi connectivity index (χ1n) is 5.29. The van der Waals surface area contributed by atoms with Crippen LogP contribution in [0.4, 0.5) is 0 Å². The van der Waals surface area contributed by atoms with Gasteiger partial charge in [-0.2, -0.15) is 0 Å². The summed E-state index contributed by atoms with van der Waals surface area (Å²) in [5, 5.41) is 7.49. The van der Waals surface area contributed by atoms with Crippen LogP contribution in [0.3, 0.4) is 0 Å². The fourth-order valence-corrected chi connectivity index (χ4v) is 1.15. The van der Waals surface area contributed by atoms with Gasteiger partial charge in [0.05, 0.1) is 12.7 Å². The smallest absolute Gasteiger partial charge is 0.316 e. The highest BCUT2D eigenvalue weighted by atomic mass is 16.5. The molecule has 0 saturated heterocycles. The van der Waals surface area contributed by atoms with Crippen molar-refractivity contribution in [3.05, 3.63) is 0 Å². The van der Waals surface area contributed by atoms with Crippen molar-refractivity contribution in [3.63, 3.8) is 0 Å². The van der Waals surface area contributed by atoms with Crippen molar-refractivity contribution in [2.45, 2.75) is 40.2 Å². The third-order valence-electron chi connectivity index (χ3n) is 1.83. The van der Waals surface area contributed by atoms with Gasteiger partial charge in [0.2, 0.25) is 0 Å². The molecule has 0 aromatic rings. The molecule has 0 radical (unpaired) electrons. The normalized spacial score (nSPS) is 12.1. The minimum Gasteiger partial charge on any atom is -0.478 e. The van der Waals surface area contributed by atoms with Gasteiger partial charge in [-0.15, -0.1) is 0 Å². The van der Waals surface area contributed by atoms with Crippen LogP contribution < -0.4 is 0 Å². The second-order valence-corrected chi connectivity index (χ2v) is 3.71. The van der Waals surface area contributed by atoms with Crippen molar-refractivity contribution in [2.24, 2.45) is 5.92 Å². The molecule has 92 valence electrons. The van der Waals surface area contributed by atoms with Crippen LogP contribution in [0.5, 0.6) is 0 Å². The van der Waals surface area contributed by atoms with Crippen LogP contribution in [0.1, 0.15) is 34.1 Å². The molecule has 0 bridgehead atoms. The van der Waals surface area contributed by atoms with Crippen molar-refractivity contribution in [2.75, 3.05) is 6.61 Å². The molecular formula is C11H19NO4. The molecule has 0 heterocycles. The Labute approximate surface area is 95.6 Å². The van der Waals surface area contributed by atoms with Gasteiger partial charge >= 0.3 is 5.97 Å². The number of carbonyl (C=O) groups is 2. The van der Waals surface area contributed by atoms with E-state index in [1.807, 2.05) is 0 Å². The molecule has 0 spiro atoms. The van der Waals surface area contributed by atoms with E-state index >= 15 is 0 Å². The van der Waals surface area contributed by atoms with Crippen molar-refractivity contribution in [3.8, 4) is 0 Å². The highest BCUT2D eigenvalue weighted by molar-refractivity contribution is 6.00. The Morgan fingerprint density at radius 2 is 1.88 bits per heavy atom. The van der Waals surface area contributed by atoms with E-state index in [0.29, 0.717) is 0 Å². The number of rotatable bonds is 6. The predicted molar refractivity (Wildman–Crippen MR) is 59.4 cm³/mol. The SMILES string of the molecule is CCOC(=O)C(CC(=N)OC(C)C)C(C)=O. The number of nitrogens with one attached hydrogen (secondary N) is 1. The third-order valence-corrected chi connectivity index (χ3v) is 1.83. The molecule has 0 aromatic carbocycles. The second-order valence-electron chi connectivity index (χ2n) is 3.71. The van der Waals surface area contributed by atoms with Crippen LogP contribution in [-0.2, 0) is 19.1 Å². The van der Waals surface area contributed by atoms with Crippen LogP contribution in [0.15, 0.2) is 0 Å². The lowest BCUT2D eigenvalue weighted by atomic mass is 10.0. The molecule has 0 fully saturated rings. The Kier molecular flexibility index (Phi) is 6.37. The molecule has 5 nitrogen and oxygen atoms in total. The predicted octanol–water partition coefficient (Wildman–Crippen LogP) is 1.55. The summed E-state index contributed by atoms with van der Waals surface area (Å²) in [6, 6.07) is 0. The maximum absolute atomic E-state index is 11.4.